The number of para-hydroxylation sites is 2. The molecule has 0 spiro atoms. The van der Waals surface area contributed by atoms with Crippen LogP contribution in [-0.2, 0) is 10.2 Å². The van der Waals surface area contributed by atoms with E-state index in [1.54, 1.807) is 6.07 Å². The average molecular weight is 496 g/mol. The predicted octanol–water partition coefficient (Wildman–Crippen LogP) is 4.71. The lowest BCUT2D eigenvalue weighted by atomic mass is 9.93. The molecule has 1 unspecified atom stereocenters. The second-order valence-corrected chi connectivity index (χ2v) is 10.8. The first-order valence-corrected chi connectivity index (χ1v) is 12.5. The number of thioether (sulfide) groups is 1. The lowest BCUT2D eigenvalue weighted by Gasteiger charge is -2.17. The summed E-state index contributed by atoms with van der Waals surface area (Å²) >= 11 is 2.49. The Morgan fingerprint density at radius 3 is 2.53 bits per heavy atom. The number of ether oxygens (including phenoxy) is 1. The molecule has 0 aliphatic rings. The molecular weight excluding hydrogens is 470 g/mol. The monoisotopic (exact) mass is 495 g/mol. The van der Waals surface area contributed by atoms with E-state index in [0.29, 0.717) is 33.0 Å². The van der Waals surface area contributed by atoms with Gasteiger partial charge in [0.05, 0.1) is 12.3 Å². The van der Waals surface area contributed by atoms with E-state index < -0.39 is 10.7 Å². The third-order valence-corrected chi connectivity index (χ3v) is 7.12. The second kappa shape index (κ2) is 9.94. The van der Waals surface area contributed by atoms with Crippen LogP contribution >= 0.6 is 23.1 Å². The van der Waals surface area contributed by atoms with E-state index in [2.05, 4.69) is 20.6 Å². The quantitative estimate of drug-likeness (QED) is 0.371. The molecule has 0 saturated carbocycles. The van der Waals surface area contributed by atoms with Crippen LogP contribution in [-0.4, -0.2) is 32.3 Å². The molecule has 0 saturated heterocycles. The molecule has 1 amide bonds. The maximum Gasteiger partial charge on any atom is 0.297 e. The lowest BCUT2D eigenvalue weighted by Crippen LogP contribution is -2.30. The van der Waals surface area contributed by atoms with E-state index in [0.717, 1.165) is 5.56 Å². The third kappa shape index (κ3) is 5.13. The van der Waals surface area contributed by atoms with Gasteiger partial charge in [-0.3, -0.25) is 9.59 Å². The van der Waals surface area contributed by atoms with Gasteiger partial charge in [0, 0.05) is 5.41 Å². The van der Waals surface area contributed by atoms with E-state index in [4.69, 9.17) is 4.74 Å². The second-order valence-electron chi connectivity index (χ2n) is 8.49. The minimum atomic E-state index is -0.609. The van der Waals surface area contributed by atoms with Crippen LogP contribution in [0.1, 0.15) is 44.2 Å². The molecule has 4 rings (SSSR count). The number of anilines is 1. The molecule has 2 heterocycles. The number of nitrogens with zero attached hydrogens (tertiary/aromatic N) is 4. The topological polar surface area (TPSA) is 98.5 Å². The number of aromatic nitrogens is 4. The first-order chi connectivity index (χ1) is 16.3. The zero-order valence-corrected chi connectivity index (χ0v) is 20.9. The minimum absolute atomic E-state index is 0.226. The van der Waals surface area contributed by atoms with Crippen molar-refractivity contribution in [3.05, 3.63) is 76.2 Å². The van der Waals surface area contributed by atoms with Crippen LogP contribution in [0.5, 0.6) is 5.75 Å². The average Bonchev–Trinajstić information content (AvgIpc) is 3.23. The van der Waals surface area contributed by atoms with Crippen LogP contribution in [0.15, 0.2) is 63.7 Å². The molecule has 0 fully saturated rings. The summed E-state index contributed by atoms with van der Waals surface area (Å²) in [7, 11) is 0. The zero-order valence-electron chi connectivity index (χ0n) is 19.3. The van der Waals surface area contributed by atoms with Gasteiger partial charge in [-0.05, 0) is 24.6 Å². The van der Waals surface area contributed by atoms with Crippen molar-refractivity contribution >= 4 is 39.7 Å². The van der Waals surface area contributed by atoms with Crippen molar-refractivity contribution in [3.8, 4) is 5.75 Å². The fourth-order valence-corrected chi connectivity index (χ4v) is 5.33. The number of benzene rings is 2. The van der Waals surface area contributed by atoms with E-state index >= 15 is 0 Å². The fourth-order valence-electron chi connectivity index (χ4n) is 3.27. The predicted molar refractivity (Wildman–Crippen MR) is 135 cm³/mol. The molecule has 0 radical (unpaired) electrons. The molecule has 0 aliphatic heterocycles. The van der Waals surface area contributed by atoms with Crippen molar-refractivity contribution in [1.82, 2.24) is 19.8 Å². The maximum atomic E-state index is 13.4. The molecule has 10 heteroatoms. The van der Waals surface area contributed by atoms with Crippen LogP contribution in [0.4, 0.5) is 5.69 Å². The molecule has 0 aliphatic carbocycles. The van der Waals surface area contributed by atoms with Gasteiger partial charge in [0.25, 0.3) is 5.56 Å². The molecule has 0 bridgehead atoms. The number of nitrogens with one attached hydrogen (secondary N) is 1. The smallest absolute Gasteiger partial charge is 0.297 e. The standard InChI is InChI=1S/C24H25N5O3S2/c1-5-32-17-14-10-9-13-16(17)25-20(30)18(15-11-7-6-8-12-15)33-23-28-29-21(31)19(24(2,3)4)26-27-22(29)34-23/h6-14,18H,5H2,1-4H3,(H,25,30). The van der Waals surface area contributed by atoms with Gasteiger partial charge in [-0.25, -0.2) is 0 Å². The van der Waals surface area contributed by atoms with Gasteiger partial charge >= 0.3 is 0 Å². The van der Waals surface area contributed by atoms with E-state index in [1.807, 2.05) is 76.2 Å². The Bertz CT molecular complexity index is 1360. The van der Waals surface area contributed by atoms with Crippen molar-refractivity contribution in [2.24, 2.45) is 0 Å². The van der Waals surface area contributed by atoms with Gasteiger partial charge in [0.15, 0.2) is 4.34 Å². The Labute approximate surface area is 205 Å². The SMILES string of the molecule is CCOc1ccccc1NC(=O)C(Sc1nn2c(=O)c(C(C)(C)C)nnc2s1)c1ccccc1. The van der Waals surface area contributed by atoms with Crippen molar-refractivity contribution in [2.45, 2.75) is 42.7 Å². The number of amides is 1. The van der Waals surface area contributed by atoms with Crippen molar-refractivity contribution in [2.75, 3.05) is 11.9 Å². The number of hydrogen-bond donors (Lipinski definition) is 1. The summed E-state index contributed by atoms with van der Waals surface area (Å²) < 4.78 is 7.46. The largest absolute Gasteiger partial charge is 0.492 e. The number of hydrogen-bond acceptors (Lipinski definition) is 8. The van der Waals surface area contributed by atoms with Gasteiger partial charge < -0.3 is 10.1 Å². The van der Waals surface area contributed by atoms with Crippen LogP contribution in [0, 0.1) is 0 Å². The van der Waals surface area contributed by atoms with Crippen molar-refractivity contribution < 1.29 is 9.53 Å². The fraction of sp³-hybridized carbons (Fsp3) is 0.292. The summed E-state index contributed by atoms with van der Waals surface area (Å²) in [4.78, 5) is 26.7. The Morgan fingerprint density at radius 2 is 1.82 bits per heavy atom. The molecule has 176 valence electrons. The highest BCUT2D eigenvalue weighted by atomic mass is 32.2. The van der Waals surface area contributed by atoms with Crippen LogP contribution in [0.25, 0.3) is 4.96 Å². The Hall–Kier alpha value is -3.24. The summed E-state index contributed by atoms with van der Waals surface area (Å²) in [5.41, 5.74) is 0.996. The van der Waals surface area contributed by atoms with Gasteiger partial charge in [0.1, 0.15) is 16.7 Å². The van der Waals surface area contributed by atoms with E-state index in [1.165, 1.54) is 27.6 Å². The summed E-state index contributed by atoms with van der Waals surface area (Å²) in [6, 6.07) is 16.8. The molecule has 8 nitrogen and oxygen atoms in total. The number of carbonyl (C=O) groups excluding carboxylic acids is 1. The van der Waals surface area contributed by atoms with E-state index in [-0.39, 0.29) is 11.5 Å². The first kappa shape index (κ1) is 23.9. The number of fused-ring (bicyclic) bond motifs is 1. The van der Waals surface area contributed by atoms with Crippen molar-refractivity contribution in [1.29, 1.82) is 0 Å². The van der Waals surface area contributed by atoms with Gasteiger partial charge in [-0.15, -0.1) is 15.3 Å². The third-order valence-electron chi connectivity index (χ3n) is 4.89. The number of carbonyl (C=O) groups is 1. The molecule has 4 aromatic rings. The minimum Gasteiger partial charge on any atom is -0.492 e. The Balaban J connectivity index is 1.68. The molecule has 1 atom stereocenters. The summed E-state index contributed by atoms with van der Waals surface area (Å²) in [6.07, 6.45) is 0. The molecule has 1 N–H and O–H groups in total. The van der Waals surface area contributed by atoms with Crippen LogP contribution in [0.2, 0.25) is 0 Å². The van der Waals surface area contributed by atoms with Gasteiger partial charge in [-0.1, -0.05) is 86.3 Å². The summed E-state index contributed by atoms with van der Waals surface area (Å²) in [5.74, 6) is 0.378. The Kier molecular flexibility index (Phi) is 6.99. The van der Waals surface area contributed by atoms with E-state index in [9.17, 15) is 9.59 Å². The molecule has 2 aromatic carbocycles. The van der Waals surface area contributed by atoms with Crippen molar-refractivity contribution in [3.63, 3.8) is 0 Å². The molecular formula is C24H25N5O3S2. The Morgan fingerprint density at radius 1 is 1.12 bits per heavy atom. The van der Waals surface area contributed by atoms with Gasteiger partial charge in [0.2, 0.25) is 10.9 Å². The van der Waals surface area contributed by atoms with Gasteiger partial charge in [-0.2, -0.15) is 4.52 Å². The summed E-state index contributed by atoms with van der Waals surface area (Å²) in [5, 5.41) is 15.2. The summed E-state index contributed by atoms with van der Waals surface area (Å²) in [6.45, 7) is 8.10. The van der Waals surface area contributed by atoms with Crippen LogP contribution in [0.3, 0.4) is 0 Å². The normalized spacial score (nSPS) is 12.5. The first-order valence-electron chi connectivity index (χ1n) is 10.8. The number of rotatable bonds is 7. The highest BCUT2D eigenvalue weighted by Gasteiger charge is 2.27. The zero-order chi connectivity index (χ0) is 24.3. The highest BCUT2D eigenvalue weighted by molar-refractivity contribution is 8.02. The highest BCUT2D eigenvalue weighted by Crippen LogP contribution is 2.38. The lowest BCUT2D eigenvalue weighted by molar-refractivity contribution is -0.115. The maximum absolute atomic E-state index is 13.4. The van der Waals surface area contributed by atoms with Crippen LogP contribution < -0.4 is 15.6 Å². The molecule has 2 aromatic heterocycles. The molecule has 34 heavy (non-hydrogen) atoms.